The quantitative estimate of drug-likeness (QED) is 0.0199. The predicted molar refractivity (Wildman–Crippen MR) is 297 cm³/mol. The summed E-state index contributed by atoms with van der Waals surface area (Å²) in [6.45, 7) is 6.16. The number of hydrogen-bond acceptors (Lipinski definition) is 6. The Hall–Kier alpha value is -5.75. The minimum absolute atomic E-state index is 0.150. The molecule has 0 aromatic carbocycles. The van der Waals surface area contributed by atoms with Gasteiger partial charge in [-0.1, -0.05) is 260 Å². The van der Waals surface area contributed by atoms with Gasteiger partial charge in [-0.05, 0) is 77.0 Å². The minimum Gasteiger partial charge on any atom is -0.462 e. The summed E-state index contributed by atoms with van der Waals surface area (Å²) < 4.78 is 16.7. The molecular weight excluding hydrogens is 853 g/mol. The molecule has 0 amide bonds. The lowest BCUT2D eigenvalue weighted by molar-refractivity contribution is -0.166. The molecule has 6 heteroatoms. The number of esters is 3. The average Bonchev–Trinajstić information content (AvgIpc) is 3.35. The van der Waals surface area contributed by atoms with E-state index in [0.29, 0.717) is 19.3 Å². The second kappa shape index (κ2) is 54.9. The van der Waals surface area contributed by atoms with Gasteiger partial charge in [-0.15, -0.1) is 0 Å². The van der Waals surface area contributed by atoms with Crippen LogP contribution < -0.4 is 0 Å². The summed E-state index contributed by atoms with van der Waals surface area (Å²) in [5, 5.41) is 0. The molecule has 0 spiro atoms. The van der Waals surface area contributed by atoms with Crippen LogP contribution in [-0.4, -0.2) is 37.2 Å². The molecule has 0 rings (SSSR count). The monoisotopic (exact) mass is 943 g/mol. The van der Waals surface area contributed by atoms with Gasteiger partial charge >= 0.3 is 17.9 Å². The Morgan fingerprint density at radius 2 is 0.652 bits per heavy atom. The fourth-order valence-electron chi connectivity index (χ4n) is 6.11. The zero-order chi connectivity index (χ0) is 50.0. The van der Waals surface area contributed by atoms with E-state index in [4.69, 9.17) is 14.2 Å². The fourth-order valence-corrected chi connectivity index (χ4v) is 6.11. The van der Waals surface area contributed by atoms with Crippen LogP contribution in [0.25, 0.3) is 0 Å². The van der Waals surface area contributed by atoms with Gasteiger partial charge in [0.05, 0.1) is 0 Å². The molecule has 0 aliphatic carbocycles. The SMILES string of the molecule is CC/C=C/C=C/C=C/C=C/C=C/C=C/C=C/CCCCCC(=O)OCC(COC(=O)CC/C=C/C/C=C/CCCCCCCC)OC(=O)CCCCC/C=C/C=C/C=C/C=C/C=C/C=C/C=C/CC. The van der Waals surface area contributed by atoms with Gasteiger partial charge in [0.15, 0.2) is 6.10 Å². The maximum absolute atomic E-state index is 12.8. The van der Waals surface area contributed by atoms with Gasteiger partial charge in [-0.3, -0.25) is 14.4 Å². The number of carbonyl (C=O) groups excluding carboxylic acids is 3. The summed E-state index contributed by atoms with van der Waals surface area (Å²) in [7, 11) is 0. The van der Waals surface area contributed by atoms with Crippen LogP contribution in [0, 0.1) is 0 Å². The third-order valence-corrected chi connectivity index (χ3v) is 9.97. The number of carbonyl (C=O) groups is 3. The Bertz CT molecular complexity index is 1750. The molecule has 1 unspecified atom stereocenters. The number of hydrogen-bond donors (Lipinski definition) is 0. The molecule has 0 N–H and O–H groups in total. The second-order valence-electron chi connectivity index (χ2n) is 16.3. The zero-order valence-electron chi connectivity index (χ0n) is 43.0. The minimum atomic E-state index is -0.857. The topological polar surface area (TPSA) is 78.9 Å². The summed E-state index contributed by atoms with van der Waals surface area (Å²) in [5.74, 6) is -1.13. The number of unbranched alkanes of at least 4 members (excludes halogenated alkanes) is 12. The smallest absolute Gasteiger partial charge is 0.306 e. The van der Waals surface area contributed by atoms with E-state index in [2.05, 4.69) is 63.3 Å². The number of ether oxygens (including phenoxy) is 3. The molecule has 0 aliphatic rings. The Morgan fingerprint density at radius 3 is 1.09 bits per heavy atom. The highest BCUT2D eigenvalue weighted by Gasteiger charge is 2.19. The van der Waals surface area contributed by atoms with Crippen LogP contribution in [0.15, 0.2) is 194 Å². The van der Waals surface area contributed by atoms with Crippen molar-refractivity contribution in [1.82, 2.24) is 0 Å². The molecule has 0 aliphatic heterocycles. The van der Waals surface area contributed by atoms with Crippen molar-refractivity contribution >= 4 is 17.9 Å². The van der Waals surface area contributed by atoms with E-state index in [1.807, 2.05) is 152 Å². The van der Waals surface area contributed by atoms with Crippen LogP contribution in [0.2, 0.25) is 0 Å². The van der Waals surface area contributed by atoms with Crippen molar-refractivity contribution in [3.8, 4) is 0 Å². The predicted octanol–water partition coefficient (Wildman–Crippen LogP) is 17.5. The molecule has 378 valence electrons. The Labute approximate surface area is 420 Å². The lowest BCUT2D eigenvalue weighted by Crippen LogP contribution is -2.30. The van der Waals surface area contributed by atoms with Crippen molar-refractivity contribution in [2.75, 3.05) is 13.2 Å². The van der Waals surface area contributed by atoms with Crippen LogP contribution in [-0.2, 0) is 28.6 Å². The first kappa shape index (κ1) is 63.2. The Balaban J connectivity index is 4.71. The molecule has 0 saturated heterocycles. The summed E-state index contributed by atoms with van der Waals surface area (Å²) in [5.41, 5.74) is 0. The first-order valence-electron chi connectivity index (χ1n) is 26.1. The van der Waals surface area contributed by atoms with E-state index >= 15 is 0 Å². The maximum atomic E-state index is 12.8. The summed E-state index contributed by atoms with van der Waals surface area (Å²) >= 11 is 0. The van der Waals surface area contributed by atoms with E-state index in [9.17, 15) is 14.4 Å². The Morgan fingerprint density at radius 1 is 0.319 bits per heavy atom. The zero-order valence-corrected chi connectivity index (χ0v) is 43.0. The first-order chi connectivity index (χ1) is 34.0. The van der Waals surface area contributed by atoms with Gasteiger partial charge in [-0.2, -0.15) is 0 Å². The molecule has 0 radical (unpaired) electrons. The van der Waals surface area contributed by atoms with Gasteiger partial charge in [0, 0.05) is 19.3 Å². The van der Waals surface area contributed by atoms with Crippen LogP contribution in [0.4, 0.5) is 0 Å². The van der Waals surface area contributed by atoms with Crippen molar-refractivity contribution < 1.29 is 28.6 Å². The van der Waals surface area contributed by atoms with E-state index in [0.717, 1.165) is 64.2 Å². The lowest BCUT2D eigenvalue weighted by atomic mass is 10.1. The molecule has 0 heterocycles. The lowest BCUT2D eigenvalue weighted by Gasteiger charge is -2.18. The standard InChI is InChI=1S/C63H90O6/c1-4-7-10-13-16-19-22-25-27-29-31-33-35-38-41-44-47-50-53-56-62(65)68-59-60(58-67-61(64)55-52-49-46-43-40-37-24-21-18-15-12-9-6-3)69-63(66)57-54-51-48-45-42-39-36-34-32-30-28-26-23-20-17-14-11-8-5-2/h7-8,10-11,13-14,16-17,19-20,22-23,25-42,46,49,60H,4-6,9,12,15,18,21,24,43-45,47-48,50-59H2,1-3H3/b10-7+,11-8+,16-13+,17-14+,22-19+,23-20+,27-25+,28-26+,31-29+,32-30+,35-33+,36-34+,40-37+,41-38+,42-39+,49-46+. The molecular formula is C63H90O6. The molecule has 0 saturated carbocycles. The number of allylic oxidation sites excluding steroid dienone is 32. The highest BCUT2D eigenvalue weighted by Crippen LogP contribution is 2.11. The molecule has 0 aromatic rings. The summed E-state index contributed by atoms with van der Waals surface area (Å²) in [6, 6.07) is 0. The third-order valence-electron chi connectivity index (χ3n) is 9.97. The van der Waals surface area contributed by atoms with Gasteiger partial charge in [0.25, 0.3) is 0 Å². The average molecular weight is 943 g/mol. The summed E-state index contributed by atoms with van der Waals surface area (Å²) in [6.07, 6.45) is 84.1. The highest BCUT2D eigenvalue weighted by molar-refractivity contribution is 5.71. The van der Waals surface area contributed by atoms with Crippen LogP contribution >= 0.6 is 0 Å². The van der Waals surface area contributed by atoms with Gasteiger partial charge in [0.1, 0.15) is 13.2 Å². The van der Waals surface area contributed by atoms with E-state index in [-0.39, 0.29) is 44.4 Å². The molecule has 0 fully saturated rings. The van der Waals surface area contributed by atoms with E-state index in [1.54, 1.807) is 0 Å². The summed E-state index contributed by atoms with van der Waals surface area (Å²) in [4.78, 5) is 38.0. The largest absolute Gasteiger partial charge is 0.462 e. The van der Waals surface area contributed by atoms with Crippen LogP contribution in [0.5, 0.6) is 0 Å². The van der Waals surface area contributed by atoms with Crippen molar-refractivity contribution in [2.45, 2.75) is 168 Å². The molecule has 1 atom stereocenters. The van der Waals surface area contributed by atoms with Gasteiger partial charge in [0.2, 0.25) is 0 Å². The molecule has 0 bridgehead atoms. The van der Waals surface area contributed by atoms with Crippen molar-refractivity contribution in [3.05, 3.63) is 194 Å². The first-order valence-corrected chi connectivity index (χ1v) is 26.1. The Kier molecular flexibility index (Phi) is 50.3. The highest BCUT2D eigenvalue weighted by atomic mass is 16.6. The normalized spacial score (nSPS) is 13.7. The number of rotatable bonds is 43. The van der Waals surface area contributed by atoms with Crippen LogP contribution in [0.3, 0.4) is 0 Å². The third kappa shape index (κ3) is 53.1. The van der Waals surface area contributed by atoms with E-state index < -0.39 is 12.1 Å². The molecule has 6 nitrogen and oxygen atoms in total. The maximum Gasteiger partial charge on any atom is 0.306 e. The fraction of sp³-hybridized carbons (Fsp3) is 0.444. The van der Waals surface area contributed by atoms with Crippen LogP contribution in [0.1, 0.15) is 162 Å². The molecule has 69 heavy (non-hydrogen) atoms. The van der Waals surface area contributed by atoms with Crippen molar-refractivity contribution in [1.29, 1.82) is 0 Å². The molecule has 0 aromatic heterocycles. The second-order valence-corrected chi connectivity index (χ2v) is 16.3. The van der Waals surface area contributed by atoms with Gasteiger partial charge in [-0.25, -0.2) is 0 Å². The van der Waals surface area contributed by atoms with Crippen molar-refractivity contribution in [3.63, 3.8) is 0 Å². The van der Waals surface area contributed by atoms with E-state index in [1.165, 1.54) is 38.5 Å². The van der Waals surface area contributed by atoms with Crippen molar-refractivity contribution in [2.24, 2.45) is 0 Å². The van der Waals surface area contributed by atoms with Gasteiger partial charge < -0.3 is 14.2 Å².